The van der Waals surface area contributed by atoms with Gasteiger partial charge < -0.3 is 5.32 Å². The Labute approximate surface area is 138 Å². The van der Waals surface area contributed by atoms with E-state index in [-0.39, 0.29) is 22.0 Å². The summed E-state index contributed by atoms with van der Waals surface area (Å²) in [5, 5.41) is 3.84. The summed E-state index contributed by atoms with van der Waals surface area (Å²) >= 11 is 18.2. The summed E-state index contributed by atoms with van der Waals surface area (Å²) in [4.78, 5) is 12.5. The van der Waals surface area contributed by atoms with E-state index < -0.39 is 0 Å². The van der Waals surface area contributed by atoms with E-state index in [0.29, 0.717) is 10.0 Å². The minimum Gasteiger partial charge on any atom is -0.342 e. The molecule has 0 unspecified atom stereocenters. The van der Waals surface area contributed by atoms with Crippen LogP contribution in [-0.2, 0) is 5.54 Å². The van der Waals surface area contributed by atoms with E-state index in [2.05, 4.69) is 5.32 Å². The third-order valence-electron chi connectivity index (χ3n) is 3.70. The van der Waals surface area contributed by atoms with Crippen molar-refractivity contribution in [1.29, 1.82) is 0 Å². The number of benzene rings is 2. The number of amides is 1. The zero-order valence-corrected chi connectivity index (χ0v) is 13.3. The van der Waals surface area contributed by atoms with Crippen LogP contribution in [0, 0.1) is 0 Å². The quantitative estimate of drug-likeness (QED) is 0.777. The fraction of sp³-hybridized carbons (Fsp3) is 0.188. The number of hydrogen-bond acceptors (Lipinski definition) is 1. The summed E-state index contributed by atoms with van der Waals surface area (Å²) in [6.07, 6.45) is 1.80. The molecule has 1 saturated carbocycles. The highest BCUT2D eigenvalue weighted by atomic mass is 35.5. The van der Waals surface area contributed by atoms with Gasteiger partial charge in [0.25, 0.3) is 5.91 Å². The van der Waals surface area contributed by atoms with Gasteiger partial charge in [-0.25, -0.2) is 0 Å². The van der Waals surface area contributed by atoms with E-state index >= 15 is 0 Å². The van der Waals surface area contributed by atoms with E-state index in [4.69, 9.17) is 34.8 Å². The van der Waals surface area contributed by atoms with E-state index in [9.17, 15) is 4.79 Å². The summed E-state index contributed by atoms with van der Waals surface area (Å²) in [5.41, 5.74) is 1.01. The van der Waals surface area contributed by atoms with Crippen LogP contribution in [-0.4, -0.2) is 5.91 Å². The molecule has 21 heavy (non-hydrogen) atoms. The van der Waals surface area contributed by atoms with Gasteiger partial charge in [-0.05, 0) is 30.5 Å². The Morgan fingerprint density at radius 1 is 0.952 bits per heavy atom. The van der Waals surface area contributed by atoms with Crippen molar-refractivity contribution in [1.82, 2.24) is 5.32 Å². The highest BCUT2D eigenvalue weighted by Gasteiger charge is 2.46. The zero-order chi connectivity index (χ0) is 15.0. The number of carbonyl (C=O) groups is 1. The molecule has 0 bridgehead atoms. The van der Waals surface area contributed by atoms with Crippen molar-refractivity contribution in [3.05, 3.63) is 68.7 Å². The molecule has 0 aromatic heterocycles. The summed E-state index contributed by atoms with van der Waals surface area (Å²) in [6, 6.07) is 13.0. The lowest BCUT2D eigenvalue weighted by Crippen LogP contribution is -2.35. The molecule has 0 atom stereocenters. The molecule has 2 aromatic rings. The van der Waals surface area contributed by atoms with Crippen molar-refractivity contribution in [2.24, 2.45) is 0 Å². The normalized spacial score (nSPS) is 15.6. The molecule has 5 heteroatoms. The summed E-state index contributed by atoms with van der Waals surface area (Å²) < 4.78 is 0. The lowest BCUT2D eigenvalue weighted by Gasteiger charge is -2.19. The first-order chi connectivity index (χ1) is 10.0. The highest BCUT2D eigenvalue weighted by molar-refractivity contribution is 6.46. The molecular formula is C16H12Cl3NO. The fourth-order valence-corrected chi connectivity index (χ4v) is 3.08. The van der Waals surface area contributed by atoms with E-state index in [0.717, 1.165) is 18.4 Å². The van der Waals surface area contributed by atoms with Gasteiger partial charge in [0, 0.05) is 0 Å². The average Bonchev–Trinajstić information content (AvgIpc) is 3.25. The second kappa shape index (κ2) is 5.53. The first-order valence-electron chi connectivity index (χ1n) is 6.55. The van der Waals surface area contributed by atoms with Gasteiger partial charge in [-0.2, -0.15) is 0 Å². The van der Waals surface area contributed by atoms with Gasteiger partial charge >= 0.3 is 0 Å². The second-order valence-electron chi connectivity index (χ2n) is 5.12. The Bertz CT molecular complexity index is 696. The highest BCUT2D eigenvalue weighted by Crippen LogP contribution is 2.46. The first-order valence-corrected chi connectivity index (χ1v) is 7.68. The SMILES string of the molecule is O=C(NC1(c2ccccc2)CC1)c1c(Cl)ccc(Cl)c1Cl. The topological polar surface area (TPSA) is 29.1 Å². The van der Waals surface area contributed by atoms with E-state index in [1.54, 1.807) is 12.1 Å². The molecule has 1 N–H and O–H groups in total. The molecule has 1 aliphatic carbocycles. The molecule has 2 aromatic carbocycles. The van der Waals surface area contributed by atoms with Crippen molar-refractivity contribution in [2.45, 2.75) is 18.4 Å². The maximum Gasteiger partial charge on any atom is 0.255 e. The second-order valence-corrected chi connectivity index (χ2v) is 6.31. The van der Waals surface area contributed by atoms with Gasteiger partial charge in [0.2, 0.25) is 0 Å². The predicted octanol–water partition coefficient (Wildman–Crippen LogP) is 5.07. The van der Waals surface area contributed by atoms with Crippen molar-refractivity contribution in [3.8, 4) is 0 Å². The van der Waals surface area contributed by atoms with Crippen LogP contribution in [0.4, 0.5) is 0 Å². The summed E-state index contributed by atoms with van der Waals surface area (Å²) in [6.45, 7) is 0. The smallest absolute Gasteiger partial charge is 0.255 e. The van der Waals surface area contributed by atoms with Crippen LogP contribution in [0.2, 0.25) is 15.1 Å². The molecule has 108 valence electrons. The van der Waals surface area contributed by atoms with Gasteiger partial charge in [-0.3, -0.25) is 4.79 Å². The molecule has 1 amide bonds. The molecule has 0 spiro atoms. The van der Waals surface area contributed by atoms with Crippen LogP contribution in [0.3, 0.4) is 0 Å². The van der Waals surface area contributed by atoms with Crippen LogP contribution < -0.4 is 5.32 Å². The van der Waals surface area contributed by atoms with Crippen molar-refractivity contribution in [2.75, 3.05) is 0 Å². The van der Waals surface area contributed by atoms with Gasteiger partial charge in [-0.1, -0.05) is 65.1 Å². The monoisotopic (exact) mass is 339 g/mol. The van der Waals surface area contributed by atoms with E-state index in [1.165, 1.54) is 0 Å². The Hall–Kier alpha value is -1.22. The molecule has 1 fully saturated rings. The van der Waals surface area contributed by atoms with Crippen LogP contribution in [0.25, 0.3) is 0 Å². The van der Waals surface area contributed by atoms with Crippen molar-refractivity contribution >= 4 is 40.7 Å². The molecule has 2 nitrogen and oxygen atoms in total. The van der Waals surface area contributed by atoms with Gasteiger partial charge in [0.05, 0.1) is 26.2 Å². The standard InChI is InChI=1S/C16H12Cl3NO/c17-11-6-7-12(18)14(19)13(11)15(21)20-16(8-9-16)10-4-2-1-3-5-10/h1-7H,8-9H2,(H,20,21). The molecular weight excluding hydrogens is 329 g/mol. The van der Waals surface area contributed by atoms with Crippen LogP contribution in [0.1, 0.15) is 28.8 Å². The molecule has 0 aliphatic heterocycles. The molecule has 0 heterocycles. The predicted molar refractivity (Wildman–Crippen MR) is 86.3 cm³/mol. The average molecular weight is 341 g/mol. The number of carbonyl (C=O) groups excluding carboxylic acids is 1. The molecule has 0 radical (unpaired) electrons. The zero-order valence-electron chi connectivity index (χ0n) is 11.0. The van der Waals surface area contributed by atoms with Crippen LogP contribution in [0.5, 0.6) is 0 Å². The Morgan fingerprint density at radius 2 is 1.57 bits per heavy atom. The maximum atomic E-state index is 12.5. The molecule has 3 rings (SSSR count). The molecule has 0 saturated heterocycles. The summed E-state index contributed by atoms with van der Waals surface area (Å²) in [5.74, 6) is -0.297. The van der Waals surface area contributed by atoms with Crippen LogP contribution >= 0.6 is 34.8 Å². The maximum absolute atomic E-state index is 12.5. The minimum absolute atomic E-state index is 0.186. The Balaban J connectivity index is 1.90. The lowest BCUT2D eigenvalue weighted by molar-refractivity contribution is 0.0931. The summed E-state index contributed by atoms with van der Waals surface area (Å²) in [7, 11) is 0. The number of nitrogens with one attached hydrogen (secondary N) is 1. The Morgan fingerprint density at radius 3 is 2.19 bits per heavy atom. The van der Waals surface area contributed by atoms with Crippen molar-refractivity contribution < 1.29 is 4.79 Å². The number of hydrogen-bond donors (Lipinski definition) is 1. The van der Waals surface area contributed by atoms with Gasteiger partial charge in [-0.15, -0.1) is 0 Å². The fourth-order valence-electron chi connectivity index (χ4n) is 2.38. The third-order valence-corrected chi connectivity index (χ3v) is 4.82. The number of rotatable bonds is 3. The van der Waals surface area contributed by atoms with Crippen LogP contribution in [0.15, 0.2) is 42.5 Å². The first kappa shape index (κ1) is 14.7. The van der Waals surface area contributed by atoms with Crippen molar-refractivity contribution in [3.63, 3.8) is 0 Å². The minimum atomic E-state index is -0.312. The Kier molecular flexibility index (Phi) is 3.87. The van der Waals surface area contributed by atoms with E-state index in [1.807, 2.05) is 30.3 Å². The van der Waals surface area contributed by atoms with Gasteiger partial charge in [0.15, 0.2) is 0 Å². The lowest BCUT2D eigenvalue weighted by atomic mass is 10.0. The third kappa shape index (κ3) is 2.76. The number of halogens is 3. The largest absolute Gasteiger partial charge is 0.342 e. The molecule has 1 aliphatic rings. The van der Waals surface area contributed by atoms with Gasteiger partial charge in [0.1, 0.15) is 0 Å².